The Hall–Kier alpha value is -3.98. The molecule has 0 spiro atoms. The molecule has 0 atom stereocenters. The van der Waals surface area contributed by atoms with E-state index in [1.807, 2.05) is 34.9 Å². The Morgan fingerprint density at radius 1 is 0.914 bits per heavy atom. The molecule has 1 amide bonds. The van der Waals surface area contributed by atoms with Gasteiger partial charge in [-0.1, -0.05) is 42.1 Å². The lowest BCUT2D eigenvalue weighted by atomic mass is 10.1. The van der Waals surface area contributed by atoms with Gasteiger partial charge in [-0.2, -0.15) is 0 Å². The molecule has 0 bridgehead atoms. The number of aromatic nitrogens is 3. The minimum absolute atomic E-state index is 0.0269. The standard InChI is InChI=1S/C26H24FN5O2S/c1-18(33)20-7-11-23(12-8-20)29-25(34)17-35-26-31-30-24(15-28-22-13-9-21(27)10-14-22)32(26)16-19-5-3-2-4-6-19/h2-14,28H,15-17H2,1H3,(H,29,34). The second kappa shape index (κ2) is 11.4. The van der Waals surface area contributed by atoms with Gasteiger partial charge in [-0.3, -0.25) is 9.59 Å². The third-order valence-electron chi connectivity index (χ3n) is 5.18. The molecule has 9 heteroatoms. The Labute approximate surface area is 206 Å². The lowest BCUT2D eigenvalue weighted by molar-refractivity contribution is -0.113. The molecule has 0 aliphatic rings. The Morgan fingerprint density at radius 3 is 2.29 bits per heavy atom. The molecule has 4 aromatic rings. The van der Waals surface area contributed by atoms with Crippen LogP contribution in [0.25, 0.3) is 0 Å². The van der Waals surface area contributed by atoms with Gasteiger partial charge in [0.25, 0.3) is 0 Å². The van der Waals surface area contributed by atoms with Gasteiger partial charge in [0.1, 0.15) is 5.82 Å². The number of ketones is 1. The SMILES string of the molecule is CC(=O)c1ccc(NC(=O)CSc2nnc(CNc3ccc(F)cc3)n2Cc2ccccc2)cc1. The van der Waals surface area contributed by atoms with E-state index in [4.69, 9.17) is 0 Å². The van der Waals surface area contributed by atoms with Crippen LogP contribution in [-0.4, -0.2) is 32.2 Å². The lowest BCUT2D eigenvalue weighted by Gasteiger charge is -2.12. The van der Waals surface area contributed by atoms with E-state index in [0.717, 1.165) is 11.3 Å². The van der Waals surface area contributed by atoms with Gasteiger partial charge < -0.3 is 15.2 Å². The van der Waals surface area contributed by atoms with Crippen LogP contribution < -0.4 is 10.6 Å². The number of halogens is 1. The van der Waals surface area contributed by atoms with E-state index in [-0.39, 0.29) is 23.3 Å². The minimum Gasteiger partial charge on any atom is -0.378 e. The number of nitrogens with one attached hydrogen (secondary N) is 2. The van der Waals surface area contributed by atoms with Crippen LogP contribution in [0.15, 0.2) is 84.0 Å². The van der Waals surface area contributed by atoms with Crippen molar-refractivity contribution < 1.29 is 14.0 Å². The van der Waals surface area contributed by atoms with Crippen molar-refractivity contribution in [1.29, 1.82) is 0 Å². The Morgan fingerprint density at radius 2 is 1.60 bits per heavy atom. The van der Waals surface area contributed by atoms with Gasteiger partial charge in [-0.25, -0.2) is 4.39 Å². The molecule has 0 fully saturated rings. The molecule has 0 aliphatic carbocycles. The van der Waals surface area contributed by atoms with Crippen LogP contribution in [0.3, 0.4) is 0 Å². The second-order valence-electron chi connectivity index (χ2n) is 7.80. The maximum atomic E-state index is 13.2. The summed E-state index contributed by atoms with van der Waals surface area (Å²) in [5.41, 5.74) is 3.06. The predicted octanol–water partition coefficient (Wildman–Crippen LogP) is 5.01. The van der Waals surface area contributed by atoms with Crippen LogP contribution in [0.1, 0.15) is 28.7 Å². The highest BCUT2D eigenvalue weighted by Crippen LogP contribution is 2.21. The van der Waals surface area contributed by atoms with E-state index >= 15 is 0 Å². The number of amides is 1. The van der Waals surface area contributed by atoms with Gasteiger partial charge >= 0.3 is 0 Å². The molecule has 0 unspecified atom stereocenters. The molecule has 4 rings (SSSR count). The van der Waals surface area contributed by atoms with Crippen molar-refractivity contribution >= 4 is 34.8 Å². The largest absolute Gasteiger partial charge is 0.378 e. The summed E-state index contributed by atoms with van der Waals surface area (Å²) in [6.07, 6.45) is 0. The molecule has 0 saturated carbocycles. The molecule has 0 aliphatic heterocycles. The van der Waals surface area contributed by atoms with Gasteiger partial charge in [-0.15, -0.1) is 10.2 Å². The average Bonchev–Trinajstić information content (AvgIpc) is 3.24. The number of rotatable bonds is 10. The normalized spacial score (nSPS) is 10.7. The van der Waals surface area contributed by atoms with Crippen LogP contribution in [0.5, 0.6) is 0 Å². The van der Waals surface area contributed by atoms with Crippen molar-refractivity contribution in [1.82, 2.24) is 14.8 Å². The highest BCUT2D eigenvalue weighted by molar-refractivity contribution is 7.99. The molecule has 1 aromatic heterocycles. The van der Waals surface area contributed by atoms with E-state index in [2.05, 4.69) is 20.8 Å². The van der Waals surface area contributed by atoms with Crippen LogP contribution in [0.2, 0.25) is 0 Å². The van der Waals surface area contributed by atoms with Crippen LogP contribution in [0, 0.1) is 5.82 Å². The summed E-state index contributed by atoms with van der Waals surface area (Å²) >= 11 is 1.29. The molecule has 1 heterocycles. The fourth-order valence-corrected chi connectivity index (χ4v) is 4.10. The first-order chi connectivity index (χ1) is 17.0. The van der Waals surface area contributed by atoms with E-state index in [1.54, 1.807) is 36.4 Å². The average molecular weight is 490 g/mol. The predicted molar refractivity (Wildman–Crippen MR) is 135 cm³/mol. The van der Waals surface area contributed by atoms with Gasteiger partial charge in [-0.05, 0) is 61.0 Å². The first kappa shape index (κ1) is 24.2. The highest BCUT2D eigenvalue weighted by Gasteiger charge is 2.15. The molecule has 2 N–H and O–H groups in total. The zero-order valence-corrected chi connectivity index (χ0v) is 19.9. The minimum atomic E-state index is -0.297. The third kappa shape index (κ3) is 6.77. The molecule has 3 aromatic carbocycles. The fraction of sp³-hybridized carbons (Fsp3) is 0.154. The zero-order chi connectivity index (χ0) is 24.6. The van der Waals surface area contributed by atoms with Crippen molar-refractivity contribution in [2.75, 3.05) is 16.4 Å². The maximum Gasteiger partial charge on any atom is 0.234 e. The van der Waals surface area contributed by atoms with Crippen LogP contribution >= 0.6 is 11.8 Å². The van der Waals surface area contributed by atoms with Gasteiger partial charge in [0.2, 0.25) is 5.91 Å². The first-order valence-corrected chi connectivity index (χ1v) is 12.0. The number of Topliss-reactive ketones (excluding diaryl/α,β-unsaturated/α-hetero) is 1. The smallest absolute Gasteiger partial charge is 0.234 e. The number of carbonyl (C=O) groups excluding carboxylic acids is 2. The van der Waals surface area contributed by atoms with Crippen LogP contribution in [-0.2, 0) is 17.9 Å². The Bertz CT molecular complexity index is 1290. The van der Waals surface area contributed by atoms with Crippen molar-refractivity contribution in [3.8, 4) is 0 Å². The lowest BCUT2D eigenvalue weighted by Crippen LogP contribution is -2.15. The molecular formula is C26H24FN5O2S. The van der Waals surface area contributed by atoms with Gasteiger partial charge in [0.15, 0.2) is 16.8 Å². The van der Waals surface area contributed by atoms with E-state index < -0.39 is 0 Å². The van der Waals surface area contributed by atoms with Crippen molar-refractivity contribution in [2.45, 2.75) is 25.2 Å². The van der Waals surface area contributed by atoms with Crippen molar-refractivity contribution in [3.63, 3.8) is 0 Å². The monoisotopic (exact) mass is 489 g/mol. The van der Waals surface area contributed by atoms with Crippen molar-refractivity contribution in [2.24, 2.45) is 0 Å². The summed E-state index contributed by atoms with van der Waals surface area (Å²) in [6, 6.07) is 22.8. The fourth-order valence-electron chi connectivity index (χ4n) is 3.35. The number of thioether (sulfide) groups is 1. The summed E-state index contributed by atoms with van der Waals surface area (Å²) in [6.45, 7) is 2.44. The number of hydrogen-bond acceptors (Lipinski definition) is 6. The van der Waals surface area contributed by atoms with E-state index in [9.17, 15) is 14.0 Å². The van der Waals surface area contributed by atoms with Gasteiger partial charge in [0, 0.05) is 16.9 Å². The quantitative estimate of drug-likeness (QED) is 0.240. The number of carbonyl (C=O) groups is 2. The molecular weight excluding hydrogens is 465 g/mol. The summed E-state index contributed by atoms with van der Waals surface area (Å²) in [5, 5.41) is 15.3. The third-order valence-corrected chi connectivity index (χ3v) is 6.15. The number of nitrogens with zero attached hydrogens (tertiary/aromatic N) is 3. The molecule has 7 nitrogen and oxygen atoms in total. The van der Waals surface area contributed by atoms with E-state index in [0.29, 0.717) is 35.3 Å². The Balaban J connectivity index is 1.44. The first-order valence-electron chi connectivity index (χ1n) is 11.0. The summed E-state index contributed by atoms with van der Waals surface area (Å²) in [5.74, 6) is 0.328. The molecule has 178 valence electrons. The van der Waals surface area contributed by atoms with Crippen molar-refractivity contribution in [3.05, 3.63) is 102 Å². The van der Waals surface area contributed by atoms with Crippen LogP contribution in [0.4, 0.5) is 15.8 Å². The number of hydrogen-bond donors (Lipinski definition) is 2. The second-order valence-corrected chi connectivity index (χ2v) is 8.74. The number of benzene rings is 3. The summed E-state index contributed by atoms with van der Waals surface area (Å²) < 4.78 is 15.2. The number of anilines is 2. The topological polar surface area (TPSA) is 88.9 Å². The maximum absolute atomic E-state index is 13.2. The highest BCUT2D eigenvalue weighted by atomic mass is 32.2. The summed E-state index contributed by atoms with van der Waals surface area (Å²) in [7, 11) is 0. The van der Waals surface area contributed by atoms with E-state index in [1.165, 1.54) is 30.8 Å². The zero-order valence-electron chi connectivity index (χ0n) is 19.1. The summed E-state index contributed by atoms with van der Waals surface area (Å²) in [4.78, 5) is 23.9. The molecule has 35 heavy (non-hydrogen) atoms. The molecule has 0 radical (unpaired) electrons. The Kier molecular flexibility index (Phi) is 7.89. The molecule has 0 saturated heterocycles. The van der Waals surface area contributed by atoms with Gasteiger partial charge in [0.05, 0.1) is 18.8 Å².